The third-order valence-corrected chi connectivity index (χ3v) is 7.08. The summed E-state index contributed by atoms with van der Waals surface area (Å²) in [5.74, 6) is 1.19. The lowest BCUT2D eigenvalue weighted by molar-refractivity contribution is -0.136. The largest absolute Gasteiger partial charge is 0.379 e. The van der Waals surface area contributed by atoms with E-state index in [-0.39, 0.29) is 6.10 Å². The fraction of sp³-hybridized carbons (Fsp3) is 0.524. The summed E-state index contributed by atoms with van der Waals surface area (Å²) in [6, 6.07) is 4.23. The quantitative estimate of drug-likeness (QED) is 0.617. The topological polar surface area (TPSA) is 68.7 Å². The van der Waals surface area contributed by atoms with Crippen LogP contribution in [0.2, 0.25) is 0 Å². The summed E-state index contributed by atoms with van der Waals surface area (Å²) in [6.07, 6.45) is -0.00321. The summed E-state index contributed by atoms with van der Waals surface area (Å²) in [7, 11) is 0. The number of rotatable bonds is 6. The first-order chi connectivity index (χ1) is 14.6. The maximum Gasteiger partial charge on any atom is 0.163 e. The van der Waals surface area contributed by atoms with Crippen molar-refractivity contribution in [2.45, 2.75) is 32.3 Å². The van der Waals surface area contributed by atoms with Crippen molar-refractivity contribution in [1.82, 2.24) is 14.9 Å². The van der Waals surface area contributed by atoms with Gasteiger partial charge in [0.1, 0.15) is 22.6 Å². The van der Waals surface area contributed by atoms with Crippen LogP contribution in [0.5, 0.6) is 0 Å². The average Bonchev–Trinajstić information content (AvgIpc) is 3.46. The van der Waals surface area contributed by atoms with Crippen LogP contribution in [0.1, 0.15) is 19.7 Å². The van der Waals surface area contributed by atoms with Gasteiger partial charge >= 0.3 is 0 Å². The molecule has 3 aromatic rings. The Morgan fingerprint density at radius 2 is 2.10 bits per heavy atom. The molecule has 9 heteroatoms. The number of fused-ring (bicyclic) bond motifs is 1. The van der Waals surface area contributed by atoms with Gasteiger partial charge in [0, 0.05) is 35.5 Å². The lowest BCUT2D eigenvalue weighted by atomic mass is 10.2. The van der Waals surface area contributed by atoms with Gasteiger partial charge in [-0.25, -0.2) is 9.97 Å². The Kier molecular flexibility index (Phi) is 5.74. The van der Waals surface area contributed by atoms with Crippen molar-refractivity contribution < 1.29 is 14.2 Å². The lowest BCUT2D eigenvalue weighted by Crippen LogP contribution is -2.36. The molecule has 0 amide bonds. The van der Waals surface area contributed by atoms with Gasteiger partial charge in [0.25, 0.3) is 0 Å². The van der Waals surface area contributed by atoms with Gasteiger partial charge in [0.2, 0.25) is 0 Å². The van der Waals surface area contributed by atoms with E-state index >= 15 is 0 Å². The molecule has 0 radical (unpaired) electrons. The zero-order chi connectivity index (χ0) is 20.6. The molecule has 0 unspecified atom stereocenters. The van der Waals surface area contributed by atoms with E-state index in [9.17, 15) is 0 Å². The highest BCUT2D eigenvalue weighted by molar-refractivity contribution is 7.18. The number of hydrogen-bond acceptors (Lipinski definition) is 9. The Morgan fingerprint density at radius 3 is 2.83 bits per heavy atom. The van der Waals surface area contributed by atoms with Crippen LogP contribution in [0, 0.1) is 0 Å². The van der Waals surface area contributed by atoms with Crippen LogP contribution < -0.4 is 5.32 Å². The molecule has 2 aliphatic rings. The number of aromatic nitrogens is 2. The molecule has 3 aromatic heterocycles. The molecular formula is C21H26N4O3S2. The monoisotopic (exact) mass is 446 g/mol. The van der Waals surface area contributed by atoms with E-state index in [1.54, 1.807) is 22.7 Å². The number of ether oxygens (including phenoxy) is 3. The first-order valence-electron chi connectivity index (χ1n) is 10.3. The molecule has 5 heterocycles. The number of hydrogen-bond donors (Lipinski definition) is 1. The number of thiophene rings is 2. The van der Waals surface area contributed by atoms with Crippen LogP contribution >= 0.6 is 22.7 Å². The minimum Gasteiger partial charge on any atom is -0.379 e. The summed E-state index contributed by atoms with van der Waals surface area (Å²) in [6.45, 7) is 9.22. The van der Waals surface area contributed by atoms with Gasteiger partial charge in [-0.2, -0.15) is 0 Å². The van der Waals surface area contributed by atoms with Gasteiger partial charge in [-0.15, -0.1) is 22.7 Å². The van der Waals surface area contributed by atoms with Crippen molar-refractivity contribution >= 4 is 38.7 Å². The minimum atomic E-state index is -0.528. The van der Waals surface area contributed by atoms with E-state index in [0.29, 0.717) is 13.2 Å². The molecule has 5 rings (SSSR count). The van der Waals surface area contributed by atoms with Gasteiger partial charge in [-0.05, 0) is 25.3 Å². The fourth-order valence-electron chi connectivity index (χ4n) is 3.83. The molecule has 30 heavy (non-hydrogen) atoms. The predicted molar refractivity (Wildman–Crippen MR) is 120 cm³/mol. The standard InChI is InChI=1S/C21H26N4O3S2/c1-21(2)27-12-14(28-21)10-22-19-18-15(16-4-3-9-29-16)13-30-20(18)24-17(23-19)11-25-5-7-26-8-6-25/h3-4,9,13-14H,5-8,10-12H2,1-2H3,(H,22,23,24)/t14-/m1/s1. The minimum absolute atomic E-state index is 0.00321. The SMILES string of the molecule is CC1(C)OC[C@@H](CNc2nc(CN3CCOCC3)nc3scc(-c4cccs4)c23)O1. The molecule has 0 bridgehead atoms. The molecule has 0 saturated carbocycles. The molecule has 0 aromatic carbocycles. The van der Waals surface area contributed by atoms with Crippen LogP contribution in [0.25, 0.3) is 20.7 Å². The molecule has 2 fully saturated rings. The lowest BCUT2D eigenvalue weighted by Gasteiger charge is -2.26. The van der Waals surface area contributed by atoms with Crippen LogP contribution in [0.4, 0.5) is 5.82 Å². The Balaban J connectivity index is 1.45. The van der Waals surface area contributed by atoms with E-state index in [4.69, 9.17) is 24.2 Å². The van der Waals surface area contributed by atoms with Crippen molar-refractivity contribution in [3.8, 4) is 10.4 Å². The van der Waals surface area contributed by atoms with Crippen LogP contribution in [-0.4, -0.2) is 66.2 Å². The highest BCUT2D eigenvalue weighted by Crippen LogP contribution is 2.39. The number of nitrogens with one attached hydrogen (secondary N) is 1. The second kappa shape index (κ2) is 8.49. The molecule has 2 aliphatic heterocycles. The molecule has 1 N–H and O–H groups in total. The summed E-state index contributed by atoms with van der Waals surface area (Å²) >= 11 is 3.41. The highest BCUT2D eigenvalue weighted by Gasteiger charge is 2.32. The summed E-state index contributed by atoms with van der Waals surface area (Å²) in [5, 5.41) is 8.92. The van der Waals surface area contributed by atoms with Crippen LogP contribution in [0.3, 0.4) is 0 Å². The molecule has 160 valence electrons. The van der Waals surface area contributed by atoms with Gasteiger partial charge in [0.05, 0.1) is 31.8 Å². The van der Waals surface area contributed by atoms with Gasteiger partial charge in [-0.3, -0.25) is 4.90 Å². The maximum absolute atomic E-state index is 5.97. The smallest absolute Gasteiger partial charge is 0.163 e. The first kappa shape index (κ1) is 20.3. The second-order valence-corrected chi connectivity index (χ2v) is 9.82. The average molecular weight is 447 g/mol. The zero-order valence-electron chi connectivity index (χ0n) is 17.2. The van der Waals surface area contributed by atoms with Crippen LogP contribution in [-0.2, 0) is 20.8 Å². The molecule has 0 spiro atoms. The van der Waals surface area contributed by atoms with Crippen molar-refractivity contribution in [2.24, 2.45) is 0 Å². The van der Waals surface area contributed by atoms with E-state index in [1.807, 2.05) is 13.8 Å². The summed E-state index contributed by atoms with van der Waals surface area (Å²) in [4.78, 5) is 14.4. The molecule has 2 saturated heterocycles. The Bertz CT molecular complexity index is 999. The van der Waals surface area contributed by atoms with Crippen molar-refractivity contribution in [3.63, 3.8) is 0 Å². The normalized spacial score (nSPS) is 22.0. The van der Waals surface area contributed by atoms with E-state index in [2.05, 4.69) is 33.1 Å². The van der Waals surface area contributed by atoms with Crippen LogP contribution in [0.15, 0.2) is 22.9 Å². The van der Waals surface area contributed by atoms with E-state index < -0.39 is 5.79 Å². The summed E-state index contributed by atoms with van der Waals surface area (Å²) < 4.78 is 17.2. The highest BCUT2D eigenvalue weighted by atomic mass is 32.1. The number of morpholine rings is 1. The molecule has 7 nitrogen and oxygen atoms in total. The first-order valence-corrected chi connectivity index (χ1v) is 12.0. The zero-order valence-corrected chi connectivity index (χ0v) is 18.9. The number of nitrogens with zero attached hydrogens (tertiary/aromatic N) is 3. The van der Waals surface area contributed by atoms with Crippen molar-refractivity contribution in [2.75, 3.05) is 44.8 Å². The van der Waals surface area contributed by atoms with E-state index in [0.717, 1.165) is 54.7 Å². The Hall–Kier alpha value is -1.62. The predicted octanol–water partition coefficient (Wildman–Crippen LogP) is 3.82. The third kappa shape index (κ3) is 4.37. The maximum atomic E-state index is 5.97. The molecule has 1 atom stereocenters. The van der Waals surface area contributed by atoms with Gasteiger partial charge < -0.3 is 19.5 Å². The van der Waals surface area contributed by atoms with E-state index in [1.165, 1.54) is 10.4 Å². The van der Waals surface area contributed by atoms with Crippen molar-refractivity contribution in [3.05, 3.63) is 28.7 Å². The Morgan fingerprint density at radius 1 is 1.23 bits per heavy atom. The molecule has 0 aliphatic carbocycles. The third-order valence-electron chi connectivity index (χ3n) is 5.30. The second-order valence-electron chi connectivity index (χ2n) is 8.02. The number of anilines is 1. The van der Waals surface area contributed by atoms with Gasteiger partial charge in [0.15, 0.2) is 5.79 Å². The van der Waals surface area contributed by atoms with Gasteiger partial charge in [-0.1, -0.05) is 6.07 Å². The summed E-state index contributed by atoms with van der Waals surface area (Å²) in [5.41, 5.74) is 1.19. The Labute approximate surface area is 184 Å². The molecular weight excluding hydrogens is 420 g/mol. The van der Waals surface area contributed by atoms with Crippen molar-refractivity contribution in [1.29, 1.82) is 0 Å². The fourth-order valence-corrected chi connectivity index (χ4v) is 5.61.